The number of nitrogens with zero attached hydrogens (tertiary/aromatic N) is 6. The smallest absolute Gasteiger partial charge is 0.266 e. The number of rotatable bonds is 6. The van der Waals surface area contributed by atoms with Gasteiger partial charge in [0.15, 0.2) is 0 Å². The van der Waals surface area contributed by atoms with Gasteiger partial charge in [0.1, 0.15) is 5.69 Å². The molecule has 1 amide bonds. The van der Waals surface area contributed by atoms with Crippen LogP contribution in [-0.4, -0.2) is 48.9 Å². The maximum absolute atomic E-state index is 12.8. The van der Waals surface area contributed by atoms with Gasteiger partial charge in [0.2, 0.25) is 11.8 Å². The number of aromatic nitrogens is 5. The van der Waals surface area contributed by atoms with Crippen molar-refractivity contribution >= 4 is 5.91 Å². The van der Waals surface area contributed by atoms with Gasteiger partial charge >= 0.3 is 0 Å². The van der Waals surface area contributed by atoms with Crippen LogP contribution in [-0.2, 0) is 17.8 Å². The summed E-state index contributed by atoms with van der Waals surface area (Å²) in [5.41, 5.74) is 2.81. The third-order valence-electron chi connectivity index (χ3n) is 5.43. The normalized spacial score (nSPS) is 16.9. The van der Waals surface area contributed by atoms with Crippen molar-refractivity contribution in [1.82, 2.24) is 29.9 Å². The van der Waals surface area contributed by atoms with Crippen molar-refractivity contribution in [3.8, 4) is 11.6 Å². The molecule has 0 radical (unpaired) electrons. The van der Waals surface area contributed by atoms with Crippen molar-refractivity contribution < 1.29 is 9.21 Å². The molecule has 8 heteroatoms. The van der Waals surface area contributed by atoms with Crippen molar-refractivity contribution in [2.45, 2.75) is 52.0 Å². The summed E-state index contributed by atoms with van der Waals surface area (Å²) in [6, 6.07) is 5.58. The van der Waals surface area contributed by atoms with Crippen molar-refractivity contribution in [2.24, 2.45) is 0 Å². The average Bonchev–Trinajstić information content (AvgIpc) is 3.40. The van der Waals surface area contributed by atoms with Crippen molar-refractivity contribution in [3.63, 3.8) is 0 Å². The Morgan fingerprint density at radius 1 is 1.31 bits per heavy atom. The van der Waals surface area contributed by atoms with Crippen LogP contribution in [0.25, 0.3) is 11.6 Å². The predicted octanol–water partition coefficient (Wildman–Crippen LogP) is 3.00. The molecule has 4 heterocycles. The number of hydrogen-bond donors (Lipinski definition) is 0. The second-order valence-electron chi connectivity index (χ2n) is 7.43. The first-order valence-corrected chi connectivity index (χ1v) is 10.2. The summed E-state index contributed by atoms with van der Waals surface area (Å²) in [6.45, 7) is 6.30. The van der Waals surface area contributed by atoms with E-state index in [0.29, 0.717) is 30.4 Å². The maximum atomic E-state index is 12.8. The van der Waals surface area contributed by atoms with Crippen LogP contribution in [0, 0.1) is 6.92 Å². The zero-order chi connectivity index (χ0) is 20.2. The zero-order valence-electron chi connectivity index (χ0n) is 16.9. The second-order valence-corrected chi connectivity index (χ2v) is 7.43. The molecule has 0 N–H and O–H groups in total. The first kappa shape index (κ1) is 19.3. The lowest BCUT2D eigenvalue weighted by molar-refractivity contribution is -0.132. The first-order valence-electron chi connectivity index (χ1n) is 10.2. The van der Waals surface area contributed by atoms with E-state index in [9.17, 15) is 4.79 Å². The summed E-state index contributed by atoms with van der Waals surface area (Å²) in [4.78, 5) is 19.0. The topological polar surface area (TPSA) is 89.9 Å². The van der Waals surface area contributed by atoms with Crippen LogP contribution >= 0.6 is 0 Å². The third-order valence-corrected chi connectivity index (χ3v) is 5.43. The minimum Gasteiger partial charge on any atom is -0.419 e. The van der Waals surface area contributed by atoms with Crippen LogP contribution in [0.5, 0.6) is 0 Å². The highest BCUT2D eigenvalue weighted by Gasteiger charge is 2.28. The van der Waals surface area contributed by atoms with Gasteiger partial charge in [-0.3, -0.25) is 14.5 Å². The van der Waals surface area contributed by atoms with E-state index in [-0.39, 0.29) is 11.8 Å². The number of aryl methyl sites for hydroxylation is 3. The van der Waals surface area contributed by atoms with E-state index < -0.39 is 0 Å². The minimum atomic E-state index is 0.0715. The monoisotopic (exact) mass is 394 g/mol. The SMILES string of the molecule is CCn1cc(CCC(=O)N2CCC[C@@H](c3nnc(-c4ccccn4)o3)C2)c(C)n1. The molecule has 0 saturated carbocycles. The summed E-state index contributed by atoms with van der Waals surface area (Å²) in [5, 5.41) is 12.8. The zero-order valence-corrected chi connectivity index (χ0v) is 16.9. The molecule has 0 unspecified atom stereocenters. The lowest BCUT2D eigenvalue weighted by atomic mass is 9.97. The van der Waals surface area contributed by atoms with Gasteiger partial charge in [-0.1, -0.05) is 6.07 Å². The molecule has 3 aromatic rings. The summed E-state index contributed by atoms with van der Waals surface area (Å²) < 4.78 is 7.78. The van der Waals surface area contributed by atoms with Crippen molar-refractivity contribution in [2.75, 3.05) is 13.1 Å². The van der Waals surface area contributed by atoms with E-state index >= 15 is 0 Å². The lowest BCUT2D eigenvalue weighted by Crippen LogP contribution is -2.39. The summed E-state index contributed by atoms with van der Waals surface area (Å²) in [6.07, 6.45) is 6.83. The van der Waals surface area contributed by atoms with E-state index in [1.54, 1.807) is 6.20 Å². The van der Waals surface area contributed by atoms with Crippen LogP contribution in [0.15, 0.2) is 35.0 Å². The van der Waals surface area contributed by atoms with E-state index in [4.69, 9.17) is 4.42 Å². The maximum Gasteiger partial charge on any atom is 0.266 e. The number of hydrogen-bond acceptors (Lipinski definition) is 6. The molecule has 4 rings (SSSR count). The Hall–Kier alpha value is -3.03. The molecule has 1 aliphatic heterocycles. The Labute approximate surface area is 170 Å². The molecule has 1 aliphatic rings. The number of carbonyl (C=O) groups excluding carboxylic acids is 1. The molecule has 29 heavy (non-hydrogen) atoms. The fourth-order valence-corrected chi connectivity index (χ4v) is 3.76. The Morgan fingerprint density at radius 3 is 2.97 bits per heavy atom. The molecule has 8 nitrogen and oxygen atoms in total. The molecule has 0 aliphatic carbocycles. The quantitative estimate of drug-likeness (QED) is 0.638. The van der Waals surface area contributed by atoms with E-state index in [2.05, 4.69) is 27.2 Å². The molecule has 3 aromatic heterocycles. The Kier molecular flexibility index (Phi) is 5.69. The third kappa shape index (κ3) is 4.36. The van der Waals surface area contributed by atoms with Gasteiger partial charge in [-0.15, -0.1) is 10.2 Å². The minimum absolute atomic E-state index is 0.0715. The van der Waals surface area contributed by atoms with E-state index in [1.807, 2.05) is 40.9 Å². The highest BCUT2D eigenvalue weighted by atomic mass is 16.4. The summed E-state index contributed by atoms with van der Waals surface area (Å²) in [5.74, 6) is 1.25. The molecule has 152 valence electrons. The van der Waals surface area contributed by atoms with Gasteiger partial charge in [-0.05, 0) is 50.8 Å². The summed E-state index contributed by atoms with van der Waals surface area (Å²) >= 11 is 0. The molecular weight excluding hydrogens is 368 g/mol. The molecule has 1 atom stereocenters. The fraction of sp³-hybridized carbons (Fsp3) is 0.476. The average molecular weight is 394 g/mol. The van der Waals surface area contributed by atoms with Crippen LogP contribution in [0.4, 0.5) is 0 Å². The molecule has 0 aromatic carbocycles. The summed E-state index contributed by atoms with van der Waals surface area (Å²) in [7, 11) is 0. The number of amides is 1. The van der Waals surface area contributed by atoms with Crippen molar-refractivity contribution in [3.05, 3.63) is 47.7 Å². The van der Waals surface area contributed by atoms with Gasteiger partial charge < -0.3 is 9.32 Å². The van der Waals surface area contributed by atoms with E-state index in [1.165, 1.54) is 0 Å². The van der Waals surface area contributed by atoms with Crippen LogP contribution in [0.3, 0.4) is 0 Å². The first-order chi connectivity index (χ1) is 14.1. The molecule has 0 spiro atoms. The number of carbonyl (C=O) groups is 1. The van der Waals surface area contributed by atoms with Gasteiger partial charge in [0, 0.05) is 38.4 Å². The number of likely N-dealkylation sites (tertiary alicyclic amines) is 1. The Bertz CT molecular complexity index is 965. The van der Waals surface area contributed by atoms with Gasteiger partial charge in [-0.25, -0.2) is 0 Å². The Morgan fingerprint density at radius 2 is 2.21 bits per heavy atom. The van der Waals surface area contributed by atoms with Crippen LogP contribution in [0.1, 0.15) is 49.3 Å². The molecule has 1 fully saturated rings. The largest absolute Gasteiger partial charge is 0.419 e. The van der Waals surface area contributed by atoms with Gasteiger partial charge in [0.05, 0.1) is 11.6 Å². The lowest BCUT2D eigenvalue weighted by Gasteiger charge is -2.31. The number of piperidine rings is 1. The molecule has 0 bridgehead atoms. The highest BCUT2D eigenvalue weighted by Crippen LogP contribution is 2.28. The van der Waals surface area contributed by atoms with Crippen LogP contribution in [0.2, 0.25) is 0 Å². The standard InChI is InChI=1S/C21H26N6O2/c1-3-27-14-16(15(2)25-27)9-10-19(28)26-12-6-7-17(13-26)20-23-24-21(29-20)18-8-4-5-11-22-18/h4-5,8,11,14,17H,3,6-7,9-10,12-13H2,1-2H3/t17-/m1/s1. The number of pyridine rings is 1. The fourth-order valence-electron chi connectivity index (χ4n) is 3.76. The van der Waals surface area contributed by atoms with Gasteiger partial charge in [-0.2, -0.15) is 5.10 Å². The predicted molar refractivity (Wildman–Crippen MR) is 107 cm³/mol. The highest BCUT2D eigenvalue weighted by molar-refractivity contribution is 5.76. The van der Waals surface area contributed by atoms with Crippen molar-refractivity contribution in [1.29, 1.82) is 0 Å². The second kappa shape index (κ2) is 8.55. The van der Waals surface area contributed by atoms with Gasteiger partial charge in [0.25, 0.3) is 5.89 Å². The Balaban J connectivity index is 1.37. The van der Waals surface area contributed by atoms with Crippen LogP contribution < -0.4 is 0 Å². The molecule has 1 saturated heterocycles. The molecular formula is C21H26N6O2. The van der Waals surface area contributed by atoms with E-state index in [0.717, 1.165) is 43.6 Å².